The number of nitrogens with zero attached hydrogens (tertiary/aromatic N) is 4. The maximum atomic E-state index is 14.5. The number of ketones is 2. The second-order valence-corrected chi connectivity index (χ2v) is 25.4. The first-order chi connectivity index (χ1) is 39.5. The molecule has 5 amide bonds. The number of likely N-dealkylation sites (N-methyl/N-ethyl adjacent to an activating group) is 1. The number of thiazole rings is 1. The Kier molecular flexibility index (Phi) is 30.3. The van der Waals surface area contributed by atoms with E-state index in [0.717, 1.165) is 22.7 Å². The number of hydrogen-bond acceptors (Lipinski definition) is 17. The van der Waals surface area contributed by atoms with E-state index < -0.39 is 82.5 Å². The van der Waals surface area contributed by atoms with Crippen molar-refractivity contribution in [3.05, 3.63) is 39.8 Å². The Bertz CT molecular complexity index is 2580. The molecule has 2 aromatic rings. The highest BCUT2D eigenvalue weighted by Crippen LogP contribution is 2.34. The number of amides is 5. The SMILES string of the molecule is CC[C@H](C)[C@H](CC(=O)C(C)(C)N(C)C)C(=O)N(C)[C@H](C[C@@H](OC(C)=O)c1nc(C(=O)N[C@@H](Cc2ccc(OC(=O)[C@@H](N)CCCC[NH3+])c(NC(=O)CCCN3C(=O)CC(SC)C3=O)c2)CC(C)C(=O)C[C@@H](CCCC[NH3+])C(=O)O)cs1)C(C)C. The number of nitrogens with one attached hydrogen (secondary N) is 2. The summed E-state index contributed by atoms with van der Waals surface area (Å²) in [5.74, 6) is -7.34. The van der Waals surface area contributed by atoms with Crippen molar-refractivity contribution in [3.63, 3.8) is 0 Å². The largest absolute Gasteiger partial charge is 0.481 e. The zero-order chi connectivity index (χ0) is 63.2. The van der Waals surface area contributed by atoms with Crippen LogP contribution in [0.3, 0.4) is 0 Å². The summed E-state index contributed by atoms with van der Waals surface area (Å²) in [6.07, 6.45) is 4.91. The van der Waals surface area contributed by atoms with Crippen molar-refractivity contribution in [1.29, 1.82) is 0 Å². The van der Waals surface area contributed by atoms with Crippen LogP contribution in [0.4, 0.5) is 5.69 Å². The van der Waals surface area contributed by atoms with Crippen LogP contribution in [0.15, 0.2) is 23.6 Å². The first-order valence-electron chi connectivity index (χ1n) is 29.5. The van der Waals surface area contributed by atoms with E-state index in [-0.39, 0.29) is 121 Å². The van der Waals surface area contributed by atoms with Crippen LogP contribution >= 0.6 is 23.1 Å². The molecule has 1 fully saturated rings. The number of carbonyl (C=O) groups is 10. The number of quaternary nitrogens is 2. The average Bonchev–Trinajstić information content (AvgIpc) is 4.09. The molecule has 0 spiro atoms. The van der Waals surface area contributed by atoms with Crippen molar-refractivity contribution in [2.24, 2.45) is 35.3 Å². The van der Waals surface area contributed by atoms with Crippen LogP contribution in [-0.2, 0) is 54.3 Å². The number of esters is 2. The normalized spacial score (nSPS) is 16.5. The molecule has 2 unspecified atom stereocenters. The fourth-order valence-electron chi connectivity index (χ4n) is 10.0. The number of rotatable bonds is 39. The number of aromatic nitrogens is 1. The van der Waals surface area contributed by atoms with Gasteiger partial charge < -0.3 is 47.3 Å². The minimum atomic E-state index is -1.09. The predicted molar refractivity (Wildman–Crippen MR) is 322 cm³/mol. The van der Waals surface area contributed by atoms with Gasteiger partial charge in [-0.2, -0.15) is 11.8 Å². The zero-order valence-corrected chi connectivity index (χ0v) is 53.4. The second kappa shape index (κ2) is 35.1. The number of aliphatic carboxylic acids is 1. The number of hydrogen-bond donors (Lipinski definition) is 6. The van der Waals surface area contributed by atoms with Crippen molar-refractivity contribution in [2.75, 3.05) is 52.3 Å². The fourth-order valence-corrected chi connectivity index (χ4v) is 11.5. The third-order valence-corrected chi connectivity index (χ3v) is 18.1. The van der Waals surface area contributed by atoms with E-state index in [9.17, 15) is 53.1 Å². The van der Waals surface area contributed by atoms with Gasteiger partial charge in [0.05, 0.1) is 35.5 Å². The predicted octanol–water partition coefficient (Wildman–Crippen LogP) is 4.88. The van der Waals surface area contributed by atoms with Crippen molar-refractivity contribution in [1.82, 2.24) is 25.0 Å². The summed E-state index contributed by atoms with van der Waals surface area (Å²) in [6, 6.07) is 2.41. The van der Waals surface area contributed by atoms with Gasteiger partial charge in [-0.15, -0.1) is 11.3 Å². The van der Waals surface area contributed by atoms with E-state index in [1.54, 1.807) is 37.3 Å². The van der Waals surface area contributed by atoms with Crippen LogP contribution in [0.5, 0.6) is 5.75 Å². The number of nitrogens with two attached hydrogens (primary N) is 1. The number of unbranched alkanes of at least 4 members (excludes halogenated alkanes) is 2. The van der Waals surface area contributed by atoms with Gasteiger partial charge in [0, 0.05) is 81.9 Å². The number of thioether (sulfide) groups is 1. The lowest BCUT2D eigenvalue weighted by Gasteiger charge is -2.38. The van der Waals surface area contributed by atoms with E-state index in [1.165, 1.54) is 30.1 Å². The van der Waals surface area contributed by atoms with E-state index in [1.807, 2.05) is 60.5 Å². The molecule has 1 aromatic carbocycles. The summed E-state index contributed by atoms with van der Waals surface area (Å²) in [7, 11) is 5.34. The van der Waals surface area contributed by atoms with E-state index in [2.05, 4.69) is 27.1 Å². The maximum Gasteiger partial charge on any atom is 0.328 e. The molecule has 1 aliphatic heterocycles. The Morgan fingerprint density at radius 1 is 0.952 bits per heavy atom. The molecule has 1 saturated heterocycles. The number of benzene rings is 1. The number of carboxylic acid groups (broad SMARTS) is 1. The molecule has 1 aromatic heterocycles. The van der Waals surface area contributed by atoms with Gasteiger partial charge in [0.2, 0.25) is 23.6 Å². The molecule has 24 heteroatoms. The van der Waals surface area contributed by atoms with E-state index in [4.69, 9.17) is 15.2 Å². The minimum Gasteiger partial charge on any atom is -0.481 e. The van der Waals surface area contributed by atoms with Gasteiger partial charge in [0.1, 0.15) is 22.5 Å². The van der Waals surface area contributed by atoms with Crippen molar-refractivity contribution in [2.45, 2.75) is 187 Å². The number of carbonyl (C=O) groups excluding carboxylic acids is 9. The highest BCUT2D eigenvalue weighted by molar-refractivity contribution is 8.00. The third-order valence-electron chi connectivity index (χ3n) is 16.2. The Morgan fingerprint density at radius 2 is 1.61 bits per heavy atom. The number of ether oxygens (including phenoxy) is 2. The summed E-state index contributed by atoms with van der Waals surface area (Å²) in [4.78, 5) is 143. The van der Waals surface area contributed by atoms with E-state index in [0.29, 0.717) is 57.2 Å². The summed E-state index contributed by atoms with van der Waals surface area (Å²) in [6.45, 7) is 15.8. The minimum absolute atomic E-state index is 0.0118. The first-order valence-corrected chi connectivity index (χ1v) is 31.7. The van der Waals surface area contributed by atoms with Gasteiger partial charge in [-0.25, -0.2) is 9.78 Å². The zero-order valence-electron chi connectivity index (χ0n) is 51.8. The van der Waals surface area contributed by atoms with Crippen molar-refractivity contribution >= 4 is 87.8 Å². The lowest BCUT2D eigenvalue weighted by Crippen LogP contribution is -2.50. The topological polar surface area (TPSA) is 337 Å². The van der Waals surface area contributed by atoms with Crippen LogP contribution in [-0.4, -0.2) is 160 Å². The second-order valence-electron chi connectivity index (χ2n) is 23.5. The van der Waals surface area contributed by atoms with Crippen LogP contribution in [0.25, 0.3) is 0 Å². The molecule has 22 nitrogen and oxygen atoms in total. The quantitative estimate of drug-likeness (QED) is 0.0225. The molecule has 9 atom stereocenters. The molecular weight excluding hydrogens is 1120 g/mol. The summed E-state index contributed by atoms with van der Waals surface area (Å²) in [5, 5.41) is 17.2. The Labute approximate surface area is 504 Å². The number of imide groups is 1. The highest BCUT2D eigenvalue weighted by Gasteiger charge is 2.40. The Hall–Kier alpha value is -5.66. The van der Waals surface area contributed by atoms with Crippen molar-refractivity contribution in [3.8, 4) is 5.75 Å². The van der Waals surface area contributed by atoms with Crippen LogP contribution in [0, 0.1) is 29.6 Å². The molecule has 2 heterocycles. The molecule has 0 aliphatic carbocycles. The number of likely N-dealkylation sites (tertiary alicyclic amines) is 1. The highest BCUT2D eigenvalue weighted by atomic mass is 32.2. The first kappa shape index (κ1) is 72.6. The van der Waals surface area contributed by atoms with E-state index >= 15 is 0 Å². The molecule has 0 saturated carbocycles. The molecule has 3 rings (SSSR count). The molecule has 470 valence electrons. The number of anilines is 1. The Balaban J connectivity index is 2.04. The molecule has 1 aliphatic rings. The molecule has 11 N–H and O–H groups in total. The average molecular weight is 1220 g/mol. The lowest BCUT2D eigenvalue weighted by atomic mass is 9.81. The summed E-state index contributed by atoms with van der Waals surface area (Å²) in [5.41, 5.74) is 13.7. The van der Waals surface area contributed by atoms with Crippen LogP contribution in [0.1, 0.15) is 172 Å². The van der Waals surface area contributed by atoms with Gasteiger partial charge in [-0.3, -0.25) is 53.0 Å². The molecule has 0 radical (unpaired) electrons. The monoisotopic (exact) mass is 1220 g/mol. The number of Topliss-reactive ketones (excluding diaryl/α,β-unsaturated/α-hetero) is 2. The third kappa shape index (κ3) is 22.0. The number of carboxylic acids is 1. The summed E-state index contributed by atoms with van der Waals surface area (Å²) < 4.78 is 11.7. The van der Waals surface area contributed by atoms with Gasteiger partial charge in [0.25, 0.3) is 5.91 Å². The van der Waals surface area contributed by atoms with Gasteiger partial charge in [-0.1, -0.05) is 47.1 Å². The van der Waals surface area contributed by atoms with Gasteiger partial charge in [0.15, 0.2) is 17.6 Å². The molecule has 84 heavy (non-hydrogen) atoms. The standard InChI is InChI=1S/C60H95N9O13S2/c1-13-36(4)42(31-51(72)60(7,8)67(9)10)56(76)68(11)46(35(2)3)32-49(81-38(6)70)55-66-45(34-84-55)54(75)64-41(27-37(5)47(71)30-40(58(78)79)19-14-16-24-61)28-39-22-23-48(82-59(80)43(63)20-15-17-25-62)44(29-39)65-52(73)21-18-26-69-53(74)33-50(83-12)57(69)77/h22-23,29,34-37,40-43,46,49-50H,13-21,24-28,30-33,61-63H2,1-12H3,(H,64,75)(H,65,73)(H,78,79)/p+2/t36-,37?,40+,41+,42-,43-,46+,49+,50?/m0/s1. The van der Waals surface area contributed by atoms with Crippen LogP contribution < -0.4 is 32.6 Å². The summed E-state index contributed by atoms with van der Waals surface area (Å²) >= 11 is 2.38. The molecule has 0 bridgehead atoms. The Morgan fingerprint density at radius 3 is 2.18 bits per heavy atom. The smallest absolute Gasteiger partial charge is 0.328 e. The van der Waals surface area contributed by atoms with Crippen molar-refractivity contribution < 1.29 is 74.0 Å². The maximum absolute atomic E-state index is 14.5. The lowest BCUT2D eigenvalue weighted by molar-refractivity contribution is -0.369. The molecular formula is C60H97N9O13S2+2. The van der Waals surface area contributed by atoms with Crippen LogP contribution in [0.2, 0.25) is 0 Å². The van der Waals surface area contributed by atoms with Gasteiger partial charge >= 0.3 is 17.9 Å². The fraction of sp³-hybridized carbons (Fsp3) is 0.683. The van der Waals surface area contributed by atoms with Gasteiger partial charge in [-0.05, 0) is 122 Å².